The molecule has 0 aliphatic carbocycles. The summed E-state index contributed by atoms with van der Waals surface area (Å²) < 4.78 is 19.5. The number of methoxy groups -OCH3 is 2. The van der Waals surface area contributed by atoms with Gasteiger partial charge in [0.15, 0.2) is 11.0 Å². The molecule has 0 fully saturated rings. The quantitative estimate of drug-likeness (QED) is 0.154. The molecule has 1 aromatic heterocycles. The summed E-state index contributed by atoms with van der Waals surface area (Å²) in [4.78, 5) is 12.4. The van der Waals surface area contributed by atoms with Crippen LogP contribution in [0.5, 0.6) is 17.2 Å². The third-order valence-corrected chi connectivity index (χ3v) is 7.04. The van der Waals surface area contributed by atoms with Crippen molar-refractivity contribution >= 4 is 39.7 Å². The summed E-state index contributed by atoms with van der Waals surface area (Å²) >= 11 is 4.50. The van der Waals surface area contributed by atoms with E-state index in [0.29, 0.717) is 46.9 Å². The van der Waals surface area contributed by atoms with Gasteiger partial charge in [-0.2, -0.15) is 0 Å². The summed E-state index contributed by atoms with van der Waals surface area (Å²) in [6.07, 6.45) is 1.58. The van der Waals surface area contributed by atoms with Crippen molar-refractivity contribution in [2.45, 2.75) is 25.2 Å². The van der Waals surface area contributed by atoms with Gasteiger partial charge in [0.2, 0.25) is 0 Å². The number of nitrogens with zero attached hydrogens (tertiary/aromatic N) is 3. The Hall–Kier alpha value is -3.76. The molecule has 0 amide bonds. The second-order valence-corrected chi connectivity index (χ2v) is 9.95. The standard InChI is InChI=1S/C28H26BrN3O5S/c1-4-32-26(20-13-22(35-2)16-23(14-20)36-3)30-31-28(32)38-25(27(33)34)15-19-12-21(29)10-11-24(19)37-17-18-8-6-5-7-9-18/h5-16H,4,17H2,1-3H3,(H,33,34)/b25-15-. The molecule has 38 heavy (non-hydrogen) atoms. The van der Waals surface area contributed by atoms with Gasteiger partial charge in [-0.25, -0.2) is 4.79 Å². The van der Waals surface area contributed by atoms with Crippen LogP contribution >= 0.6 is 27.7 Å². The van der Waals surface area contributed by atoms with Crippen molar-refractivity contribution in [3.05, 3.63) is 87.2 Å². The number of halogens is 1. The number of carboxylic acid groups (broad SMARTS) is 1. The lowest BCUT2D eigenvalue weighted by Gasteiger charge is -2.12. The van der Waals surface area contributed by atoms with E-state index in [0.717, 1.165) is 27.4 Å². The lowest BCUT2D eigenvalue weighted by atomic mass is 10.2. The maximum atomic E-state index is 12.3. The van der Waals surface area contributed by atoms with Crippen molar-refractivity contribution in [1.29, 1.82) is 0 Å². The molecule has 0 saturated heterocycles. The molecule has 1 heterocycles. The Morgan fingerprint density at radius 2 is 1.74 bits per heavy atom. The van der Waals surface area contributed by atoms with Crippen LogP contribution in [0.4, 0.5) is 0 Å². The molecule has 4 aromatic rings. The van der Waals surface area contributed by atoms with Crippen molar-refractivity contribution in [3.8, 4) is 28.6 Å². The van der Waals surface area contributed by atoms with Gasteiger partial charge in [-0.1, -0.05) is 46.3 Å². The van der Waals surface area contributed by atoms with Crippen LogP contribution in [-0.2, 0) is 17.9 Å². The minimum absolute atomic E-state index is 0.0736. The van der Waals surface area contributed by atoms with Gasteiger partial charge in [0.1, 0.15) is 28.8 Å². The second-order valence-electron chi connectivity index (χ2n) is 8.02. The van der Waals surface area contributed by atoms with Gasteiger partial charge in [0.05, 0.1) is 14.2 Å². The summed E-state index contributed by atoms with van der Waals surface area (Å²) in [6.45, 7) is 2.83. The summed E-state index contributed by atoms with van der Waals surface area (Å²) in [5.74, 6) is 1.29. The molecular weight excluding hydrogens is 570 g/mol. The Kier molecular flexibility index (Phi) is 9.09. The highest BCUT2D eigenvalue weighted by atomic mass is 79.9. The highest BCUT2D eigenvalue weighted by molar-refractivity contribution is 9.10. The Morgan fingerprint density at radius 1 is 1.03 bits per heavy atom. The first-order valence-corrected chi connectivity index (χ1v) is 13.3. The number of carbonyl (C=O) groups is 1. The zero-order valence-corrected chi connectivity index (χ0v) is 23.5. The molecule has 0 saturated carbocycles. The number of aliphatic carboxylic acids is 1. The molecule has 0 atom stereocenters. The normalized spacial score (nSPS) is 11.3. The number of hydrogen-bond donors (Lipinski definition) is 1. The number of ether oxygens (including phenoxy) is 3. The third-order valence-electron chi connectivity index (χ3n) is 5.55. The highest BCUT2D eigenvalue weighted by Crippen LogP contribution is 2.35. The number of aromatic nitrogens is 3. The largest absolute Gasteiger partial charge is 0.497 e. The van der Waals surface area contributed by atoms with E-state index in [-0.39, 0.29) is 4.91 Å². The highest BCUT2D eigenvalue weighted by Gasteiger charge is 2.20. The molecule has 1 N–H and O–H groups in total. The predicted molar refractivity (Wildman–Crippen MR) is 151 cm³/mol. The van der Waals surface area contributed by atoms with E-state index in [2.05, 4.69) is 26.1 Å². The van der Waals surface area contributed by atoms with E-state index >= 15 is 0 Å². The zero-order valence-electron chi connectivity index (χ0n) is 21.1. The van der Waals surface area contributed by atoms with Gasteiger partial charge in [-0.15, -0.1) is 10.2 Å². The molecule has 3 aromatic carbocycles. The number of rotatable bonds is 11. The van der Waals surface area contributed by atoms with Crippen molar-refractivity contribution in [3.63, 3.8) is 0 Å². The van der Waals surface area contributed by atoms with Gasteiger partial charge >= 0.3 is 5.97 Å². The summed E-state index contributed by atoms with van der Waals surface area (Å²) in [5.41, 5.74) is 2.38. The van der Waals surface area contributed by atoms with Crippen LogP contribution in [0.1, 0.15) is 18.1 Å². The molecular formula is C28H26BrN3O5S. The number of carboxylic acids is 1. The van der Waals surface area contributed by atoms with E-state index in [9.17, 15) is 9.90 Å². The van der Waals surface area contributed by atoms with Crippen molar-refractivity contribution in [2.24, 2.45) is 0 Å². The average Bonchev–Trinajstić information content (AvgIpc) is 3.35. The van der Waals surface area contributed by atoms with Crippen LogP contribution in [0.15, 0.2) is 81.3 Å². The van der Waals surface area contributed by atoms with Crippen molar-refractivity contribution in [2.75, 3.05) is 14.2 Å². The van der Waals surface area contributed by atoms with E-state index in [4.69, 9.17) is 14.2 Å². The number of benzene rings is 3. The SMILES string of the molecule is CCn1c(S/C(=C\c2cc(Br)ccc2OCc2ccccc2)C(=O)O)nnc1-c1cc(OC)cc(OC)c1. The van der Waals surface area contributed by atoms with E-state index in [1.165, 1.54) is 0 Å². The lowest BCUT2D eigenvalue weighted by Crippen LogP contribution is -2.03. The number of thioether (sulfide) groups is 1. The zero-order chi connectivity index (χ0) is 27.1. The molecule has 0 aliphatic rings. The summed E-state index contributed by atoms with van der Waals surface area (Å²) in [5, 5.41) is 19.2. The van der Waals surface area contributed by atoms with Crippen LogP contribution in [0, 0.1) is 0 Å². The van der Waals surface area contributed by atoms with Gasteiger partial charge in [-0.05, 0) is 60.7 Å². The predicted octanol–water partition coefficient (Wildman–Crippen LogP) is 6.54. The van der Waals surface area contributed by atoms with E-state index < -0.39 is 5.97 Å². The Labute approximate surface area is 233 Å². The van der Waals surface area contributed by atoms with Crippen LogP contribution in [-0.4, -0.2) is 40.1 Å². The lowest BCUT2D eigenvalue weighted by molar-refractivity contribution is -0.131. The summed E-state index contributed by atoms with van der Waals surface area (Å²) in [6, 6.07) is 20.7. The van der Waals surface area contributed by atoms with Crippen LogP contribution in [0.2, 0.25) is 0 Å². The number of hydrogen-bond acceptors (Lipinski definition) is 7. The van der Waals surface area contributed by atoms with Crippen LogP contribution in [0.3, 0.4) is 0 Å². The Bertz CT molecular complexity index is 1430. The van der Waals surface area contributed by atoms with Gasteiger partial charge in [0.25, 0.3) is 0 Å². The minimum atomic E-state index is -1.08. The molecule has 0 aliphatic heterocycles. The molecule has 0 radical (unpaired) electrons. The maximum absolute atomic E-state index is 12.3. The first kappa shape index (κ1) is 27.3. The minimum Gasteiger partial charge on any atom is -0.497 e. The first-order valence-electron chi connectivity index (χ1n) is 11.7. The second kappa shape index (κ2) is 12.7. The van der Waals surface area contributed by atoms with Gasteiger partial charge < -0.3 is 23.9 Å². The molecule has 0 spiro atoms. The fourth-order valence-corrected chi connectivity index (χ4v) is 4.93. The maximum Gasteiger partial charge on any atom is 0.342 e. The Morgan fingerprint density at radius 3 is 2.37 bits per heavy atom. The smallest absolute Gasteiger partial charge is 0.342 e. The van der Waals surface area contributed by atoms with Crippen molar-refractivity contribution < 1.29 is 24.1 Å². The van der Waals surface area contributed by atoms with Crippen LogP contribution in [0.25, 0.3) is 17.5 Å². The molecule has 8 nitrogen and oxygen atoms in total. The monoisotopic (exact) mass is 595 g/mol. The van der Waals surface area contributed by atoms with E-state index in [1.807, 2.05) is 72.2 Å². The molecule has 4 rings (SSSR count). The third kappa shape index (κ3) is 6.56. The fourth-order valence-electron chi connectivity index (χ4n) is 3.67. The van der Waals surface area contributed by atoms with E-state index in [1.54, 1.807) is 26.4 Å². The fraction of sp³-hybridized carbons (Fsp3) is 0.179. The van der Waals surface area contributed by atoms with Gasteiger partial charge in [0, 0.05) is 28.2 Å². The Balaban J connectivity index is 1.67. The van der Waals surface area contributed by atoms with Gasteiger partial charge in [-0.3, -0.25) is 0 Å². The molecule has 0 bridgehead atoms. The molecule has 196 valence electrons. The average molecular weight is 597 g/mol. The van der Waals surface area contributed by atoms with Crippen molar-refractivity contribution in [1.82, 2.24) is 14.8 Å². The first-order chi connectivity index (χ1) is 18.4. The summed E-state index contributed by atoms with van der Waals surface area (Å²) in [7, 11) is 3.15. The van der Waals surface area contributed by atoms with Crippen LogP contribution < -0.4 is 14.2 Å². The molecule has 0 unspecified atom stereocenters. The molecule has 10 heteroatoms. The topological polar surface area (TPSA) is 95.7 Å².